The van der Waals surface area contributed by atoms with Crippen molar-refractivity contribution >= 4 is 38.9 Å². The van der Waals surface area contributed by atoms with Crippen molar-refractivity contribution in [1.82, 2.24) is 0 Å². The number of benzene rings is 4. The molecule has 0 spiro atoms. The van der Waals surface area contributed by atoms with Gasteiger partial charge in [-0.2, -0.15) is 0 Å². The number of amides is 2. The van der Waals surface area contributed by atoms with Gasteiger partial charge in [-0.1, -0.05) is 12.1 Å². The van der Waals surface area contributed by atoms with Gasteiger partial charge in [0.15, 0.2) is 6.61 Å². The number of methoxy groups -OCH3 is 1. The Morgan fingerprint density at radius 1 is 0.667 bits per heavy atom. The maximum Gasteiger partial charge on any atom is 0.264 e. The number of nitrogens with zero attached hydrogens (tertiary/aromatic N) is 1. The quantitative estimate of drug-likeness (QED) is 0.179. The zero-order valence-electron chi connectivity index (χ0n) is 25.2. The smallest absolute Gasteiger partial charge is 0.264 e. The lowest BCUT2D eigenvalue weighted by atomic mass is 10.3. The van der Waals surface area contributed by atoms with E-state index in [2.05, 4.69) is 10.6 Å². The third-order valence-electron chi connectivity index (χ3n) is 6.32. The van der Waals surface area contributed by atoms with E-state index in [0.29, 0.717) is 36.1 Å². The van der Waals surface area contributed by atoms with Gasteiger partial charge in [0.2, 0.25) is 5.91 Å². The van der Waals surface area contributed by atoms with Crippen LogP contribution in [0.5, 0.6) is 23.0 Å². The van der Waals surface area contributed by atoms with E-state index in [1.54, 1.807) is 72.8 Å². The molecular weight excluding hydrogens is 598 g/mol. The average molecular weight is 634 g/mol. The molecule has 2 N–H and O–H groups in total. The monoisotopic (exact) mass is 633 g/mol. The first-order valence-electron chi connectivity index (χ1n) is 14.2. The Hall–Kier alpha value is -5.23. The maximum atomic E-state index is 13.9. The number of hydrogen-bond acceptors (Lipinski definition) is 8. The highest BCUT2D eigenvalue weighted by Gasteiger charge is 2.29. The summed E-state index contributed by atoms with van der Waals surface area (Å²) in [6.07, 6.45) is 0. The zero-order chi connectivity index (χ0) is 32.2. The fraction of sp³-hybridized carbons (Fsp3) is 0.212. The molecule has 0 atom stereocenters. The molecule has 0 unspecified atom stereocenters. The first kappa shape index (κ1) is 32.7. The number of ether oxygens (including phenoxy) is 4. The molecule has 0 radical (unpaired) electrons. The molecule has 11 nitrogen and oxygen atoms in total. The van der Waals surface area contributed by atoms with E-state index < -0.39 is 28.4 Å². The Balaban J connectivity index is 1.46. The SMILES string of the molecule is CCOc1ccc(NC(=O)COc2ccc(S(=O)(=O)N(CC(=O)Nc3ccc(OCC)cc3)c3ccccc3OC)cc2)cc1. The molecule has 0 heterocycles. The normalized spacial score (nSPS) is 10.8. The van der Waals surface area contributed by atoms with Gasteiger partial charge in [0.25, 0.3) is 15.9 Å². The van der Waals surface area contributed by atoms with Crippen LogP contribution >= 0.6 is 0 Å². The van der Waals surface area contributed by atoms with Gasteiger partial charge in [-0.25, -0.2) is 8.42 Å². The molecule has 0 aromatic heterocycles. The minimum atomic E-state index is -4.26. The third kappa shape index (κ3) is 8.89. The van der Waals surface area contributed by atoms with Crippen molar-refractivity contribution in [3.8, 4) is 23.0 Å². The largest absolute Gasteiger partial charge is 0.495 e. The Kier molecular flexibility index (Phi) is 11.2. The summed E-state index contributed by atoms with van der Waals surface area (Å²) in [5.74, 6) is 0.943. The van der Waals surface area contributed by atoms with Gasteiger partial charge >= 0.3 is 0 Å². The van der Waals surface area contributed by atoms with E-state index in [1.807, 2.05) is 13.8 Å². The molecule has 0 saturated heterocycles. The highest BCUT2D eigenvalue weighted by Crippen LogP contribution is 2.33. The van der Waals surface area contributed by atoms with E-state index >= 15 is 0 Å². The van der Waals surface area contributed by atoms with Crippen LogP contribution in [0.4, 0.5) is 17.1 Å². The summed E-state index contributed by atoms with van der Waals surface area (Å²) in [6.45, 7) is 3.98. The summed E-state index contributed by atoms with van der Waals surface area (Å²) < 4.78 is 50.6. The molecule has 45 heavy (non-hydrogen) atoms. The second kappa shape index (κ2) is 15.5. The van der Waals surface area contributed by atoms with Crippen LogP contribution < -0.4 is 33.9 Å². The second-order valence-electron chi connectivity index (χ2n) is 9.45. The average Bonchev–Trinajstić information content (AvgIpc) is 3.05. The highest BCUT2D eigenvalue weighted by atomic mass is 32.2. The predicted octanol–water partition coefficient (Wildman–Crippen LogP) is 5.34. The van der Waals surface area contributed by atoms with Crippen molar-refractivity contribution in [1.29, 1.82) is 0 Å². The van der Waals surface area contributed by atoms with Crippen molar-refractivity contribution in [2.45, 2.75) is 18.7 Å². The van der Waals surface area contributed by atoms with Crippen LogP contribution in [0.3, 0.4) is 0 Å². The van der Waals surface area contributed by atoms with Gasteiger partial charge < -0.3 is 29.6 Å². The number of para-hydroxylation sites is 2. The van der Waals surface area contributed by atoms with Crippen molar-refractivity contribution in [2.75, 3.05) is 48.4 Å². The standard InChI is InChI=1S/C33H35N3O8S/c1-4-42-26-14-10-24(11-15-26)34-32(37)22-36(30-8-6-7-9-31(30)41-3)45(39,40)29-20-18-28(19-21-29)44-23-33(38)35-25-12-16-27(17-13-25)43-5-2/h6-21H,4-5,22-23H2,1-3H3,(H,34,37)(H,35,38). The van der Waals surface area contributed by atoms with Crippen LogP contribution in [0.15, 0.2) is 102 Å². The van der Waals surface area contributed by atoms with Crippen molar-refractivity contribution in [2.24, 2.45) is 0 Å². The summed E-state index contributed by atoms with van der Waals surface area (Å²) in [5.41, 5.74) is 1.25. The second-order valence-corrected chi connectivity index (χ2v) is 11.3. The minimum absolute atomic E-state index is 0.0894. The maximum absolute atomic E-state index is 13.9. The fourth-order valence-corrected chi connectivity index (χ4v) is 5.68. The molecule has 0 aliphatic carbocycles. The number of sulfonamides is 1. The lowest BCUT2D eigenvalue weighted by Gasteiger charge is -2.25. The van der Waals surface area contributed by atoms with E-state index in [4.69, 9.17) is 18.9 Å². The third-order valence-corrected chi connectivity index (χ3v) is 8.09. The van der Waals surface area contributed by atoms with E-state index in [-0.39, 0.29) is 28.7 Å². The molecular formula is C33H35N3O8S. The van der Waals surface area contributed by atoms with Crippen LogP contribution in [0.2, 0.25) is 0 Å². The molecule has 2 amide bonds. The lowest BCUT2D eigenvalue weighted by Crippen LogP contribution is -2.38. The Labute approximate surface area is 262 Å². The van der Waals surface area contributed by atoms with Crippen LogP contribution in [0, 0.1) is 0 Å². The van der Waals surface area contributed by atoms with E-state index in [9.17, 15) is 18.0 Å². The number of rotatable bonds is 15. The van der Waals surface area contributed by atoms with E-state index in [0.717, 1.165) is 4.31 Å². The highest BCUT2D eigenvalue weighted by molar-refractivity contribution is 7.92. The predicted molar refractivity (Wildman–Crippen MR) is 172 cm³/mol. The van der Waals surface area contributed by atoms with Crippen LogP contribution in [-0.2, 0) is 19.6 Å². The molecule has 4 aromatic rings. The molecule has 4 rings (SSSR count). The number of hydrogen-bond donors (Lipinski definition) is 2. The first-order chi connectivity index (χ1) is 21.7. The number of carbonyl (C=O) groups is 2. The molecule has 0 fully saturated rings. The summed E-state index contributed by atoms with van der Waals surface area (Å²) in [7, 11) is -2.84. The van der Waals surface area contributed by atoms with Gasteiger partial charge in [-0.3, -0.25) is 13.9 Å². The van der Waals surface area contributed by atoms with Crippen LogP contribution in [0.1, 0.15) is 13.8 Å². The first-order valence-corrected chi connectivity index (χ1v) is 15.6. The van der Waals surface area contributed by atoms with Gasteiger partial charge in [0.05, 0.1) is 30.9 Å². The molecule has 12 heteroatoms. The summed E-state index contributed by atoms with van der Waals surface area (Å²) in [4.78, 5) is 25.4. The summed E-state index contributed by atoms with van der Waals surface area (Å²) >= 11 is 0. The number of carbonyl (C=O) groups excluding carboxylic acids is 2. The Morgan fingerprint density at radius 2 is 1.16 bits per heavy atom. The summed E-state index contributed by atoms with van der Waals surface area (Å²) in [5, 5.41) is 5.46. The van der Waals surface area contributed by atoms with Crippen molar-refractivity contribution in [3.63, 3.8) is 0 Å². The van der Waals surface area contributed by atoms with Gasteiger partial charge in [0, 0.05) is 11.4 Å². The van der Waals surface area contributed by atoms with Gasteiger partial charge in [-0.05, 0) is 98.8 Å². The van der Waals surface area contributed by atoms with Crippen molar-refractivity contribution in [3.05, 3.63) is 97.1 Å². The summed E-state index contributed by atoms with van der Waals surface area (Å²) in [6, 6.07) is 25.8. The minimum Gasteiger partial charge on any atom is -0.495 e. The lowest BCUT2D eigenvalue weighted by molar-refractivity contribution is -0.118. The Morgan fingerprint density at radius 3 is 1.69 bits per heavy atom. The van der Waals surface area contributed by atoms with Crippen LogP contribution in [0.25, 0.3) is 0 Å². The molecule has 4 aromatic carbocycles. The van der Waals surface area contributed by atoms with Gasteiger partial charge in [-0.15, -0.1) is 0 Å². The molecule has 0 aliphatic rings. The van der Waals surface area contributed by atoms with Crippen molar-refractivity contribution < 1.29 is 37.0 Å². The fourth-order valence-electron chi connectivity index (χ4n) is 4.25. The molecule has 236 valence electrons. The molecule has 0 saturated carbocycles. The van der Waals surface area contributed by atoms with Gasteiger partial charge in [0.1, 0.15) is 29.5 Å². The zero-order valence-corrected chi connectivity index (χ0v) is 26.0. The Bertz CT molecular complexity index is 1680. The molecule has 0 aliphatic heterocycles. The van der Waals surface area contributed by atoms with Crippen LogP contribution in [-0.4, -0.2) is 53.7 Å². The number of anilines is 3. The topological polar surface area (TPSA) is 132 Å². The number of nitrogens with one attached hydrogen (secondary N) is 2. The van der Waals surface area contributed by atoms with E-state index in [1.165, 1.54) is 31.4 Å². The molecule has 0 bridgehead atoms.